The average molecular weight is 358 g/mol. The lowest BCUT2D eigenvalue weighted by Crippen LogP contribution is -2.04. The molecule has 27 heavy (non-hydrogen) atoms. The van der Waals surface area contributed by atoms with E-state index in [9.17, 15) is 0 Å². The van der Waals surface area contributed by atoms with Crippen LogP contribution in [0.2, 0.25) is 0 Å². The van der Waals surface area contributed by atoms with E-state index in [1.807, 2.05) is 12.1 Å². The number of fused-ring (bicyclic) bond motifs is 2. The van der Waals surface area contributed by atoms with Gasteiger partial charge < -0.3 is 14.8 Å². The number of rotatable bonds is 3. The normalized spacial score (nSPS) is 16.4. The van der Waals surface area contributed by atoms with Crippen molar-refractivity contribution in [3.63, 3.8) is 0 Å². The molecule has 2 heterocycles. The number of hydrogen-bond acceptors (Lipinski definition) is 4. The van der Waals surface area contributed by atoms with Crippen molar-refractivity contribution in [1.29, 1.82) is 0 Å². The third kappa shape index (κ3) is 2.58. The summed E-state index contributed by atoms with van der Waals surface area (Å²) in [6.45, 7) is 4.36. The summed E-state index contributed by atoms with van der Waals surface area (Å²) >= 11 is 0. The maximum atomic E-state index is 6.20. The highest BCUT2D eigenvalue weighted by molar-refractivity contribution is 5.84. The van der Waals surface area contributed by atoms with Crippen molar-refractivity contribution in [2.75, 3.05) is 0 Å². The van der Waals surface area contributed by atoms with Gasteiger partial charge in [-0.25, -0.2) is 0 Å². The Balaban J connectivity index is 1.54. The summed E-state index contributed by atoms with van der Waals surface area (Å²) in [5, 5.41) is 5.42. The van der Waals surface area contributed by atoms with E-state index < -0.39 is 0 Å². The van der Waals surface area contributed by atoms with Gasteiger partial charge in [0.2, 0.25) is 5.82 Å². The molecule has 0 saturated carbocycles. The fraction of sp³-hybridized carbons (Fsp3) is 0.273. The first-order valence-corrected chi connectivity index (χ1v) is 9.44. The van der Waals surface area contributed by atoms with Gasteiger partial charge in [-0.15, -0.1) is 0 Å². The van der Waals surface area contributed by atoms with Crippen LogP contribution in [0.25, 0.3) is 33.7 Å². The fourth-order valence-electron chi connectivity index (χ4n) is 4.09. The van der Waals surface area contributed by atoms with Crippen molar-refractivity contribution in [3.8, 4) is 22.8 Å². The molecule has 0 bridgehead atoms. The standard InChI is InChI=1S/C22H22N4O/c1-13(2)26-11-10-14-12-15(6-9-20(14)26)22-24-21(25-27-22)18-5-3-4-17-16(18)7-8-19(17)23/h3-6,9-13,19H,7-8,23H2,1-2H3/t19-/m0/s1. The Kier molecular flexibility index (Phi) is 3.65. The highest BCUT2D eigenvalue weighted by atomic mass is 16.5. The van der Waals surface area contributed by atoms with Gasteiger partial charge in [0.1, 0.15) is 0 Å². The highest BCUT2D eigenvalue weighted by Crippen LogP contribution is 2.36. The third-order valence-electron chi connectivity index (χ3n) is 5.51. The van der Waals surface area contributed by atoms with Crippen LogP contribution in [0, 0.1) is 0 Å². The molecule has 136 valence electrons. The van der Waals surface area contributed by atoms with Gasteiger partial charge in [-0.1, -0.05) is 23.4 Å². The van der Waals surface area contributed by atoms with E-state index in [4.69, 9.17) is 10.3 Å². The predicted octanol–water partition coefficient (Wildman–Crippen LogP) is 4.89. The molecule has 1 atom stereocenters. The number of nitrogens with two attached hydrogens (primary N) is 1. The molecular formula is C22H22N4O. The summed E-state index contributed by atoms with van der Waals surface area (Å²) in [4.78, 5) is 4.68. The molecule has 0 spiro atoms. The van der Waals surface area contributed by atoms with Gasteiger partial charge >= 0.3 is 0 Å². The monoisotopic (exact) mass is 358 g/mol. The smallest absolute Gasteiger partial charge is 0.258 e. The molecule has 0 amide bonds. The summed E-state index contributed by atoms with van der Waals surface area (Å²) in [5.74, 6) is 1.18. The number of benzene rings is 2. The molecule has 0 saturated heterocycles. The fourth-order valence-corrected chi connectivity index (χ4v) is 4.09. The van der Waals surface area contributed by atoms with Crippen molar-refractivity contribution in [3.05, 3.63) is 59.8 Å². The lowest BCUT2D eigenvalue weighted by atomic mass is 10.0. The summed E-state index contributed by atoms with van der Waals surface area (Å²) in [5.41, 5.74) is 11.8. The van der Waals surface area contributed by atoms with E-state index in [2.05, 4.69) is 65.1 Å². The Hall–Kier alpha value is -2.92. The molecular weight excluding hydrogens is 336 g/mol. The van der Waals surface area contributed by atoms with Gasteiger partial charge in [-0.2, -0.15) is 4.98 Å². The maximum Gasteiger partial charge on any atom is 0.258 e. The van der Waals surface area contributed by atoms with E-state index in [1.54, 1.807) is 0 Å². The Bertz CT molecular complexity index is 1140. The number of hydrogen-bond donors (Lipinski definition) is 1. The second-order valence-electron chi connectivity index (χ2n) is 7.53. The summed E-state index contributed by atoms with van der Waals surface area (Å²) in [6.07, 6.45) is 4.06. The van der Waals surface area contributed by atoms with Crippen LogP contribution in [0.3, 0.4) is 0 Å². The van der Waals surface area contributed by atoms with Crippen LogP contribution in [-0.2, 0) is 6.42 Å². The van der Waals surface area contributed by atoms with E-state index >= 15 is 0 Å². The van der Waals surface area contributed by atoms with Crippen molar-refractivity contribution >= 4 is 10.9 Å². The van der Waals surface area contributed by atoms with Gasteiger partial charge in [-0.3, -0.25) is 0 Å². The zero-order chi connectivity index (χ0) is 18.5. The predicted molar refractivity (Wildman–Crippen MR) is 106 cm³/mol. The second kappa shape index (κ2) is 6.06. The molecule has 2 aromatic carbocycles. The van der Waals surface area contributed by atoms with Crippen LogP contribution in [0.5, 0.6) is 0 Å². The lowest BCUT2D eigenvalue weighted by molar-refractivity contribution is 0.432. The van der Waals surface area contributed by atoms with E-state index in [1.165, 1.54) is 22.0 Å². The first-order chi connectivity index (χ1) is 13.1. The molecule has 4 aromatic rings. The Morgan fingerprint density at radius 3 is 2.93 bits per heavy atom. The molecule has 2 N–H and O–H groups in total. The minimum absolute atomic E-state index is 0.110. The molecule has 2 aromatic heterocycles. The van der Waals surface area contributed by atoms with Gasteiger partial charge in [0.25, 0.3) is 5.89 Å². The van der Waals surface area contributed by atoms with Crippen LogP contribution in [0.4, 0.5) is 0 Å². The Morgan fingerprint density at radius 1 is 1.19 bits per heavy atom. The van der Waals surface area contributed by atoms with Crippen molar-refractivity contribution in [2.45, 2.75) is 38.8 Å². The topological polar surface area (TPSA) is 69.9 Å². The van der Waals surface area contributed by atoms with Crippen LogP contribution in [0.15, 0.2) is 53.2 Å². The third-order valence-corrected chi connectivity index (χ3v) is 5.51. The van der Waals surface area contributed by atoms with Gasteiger partial charge in [-0.05, 0) is 62.1 Å². The average Bonchev–Trinajstić information content (AvgIpc) is 3.39. The zero-order valence-electron chi connectivity index (χ0n) is 15.5. The minimum Gasteiger partial charge on any atom is -0.345 e. The lowest BCUT2D eigenvalue weighted by Gasteiger charge is -2.09. The molecule has 5 heteroatoms. The highest BCUT2D eigenvalue weighted by Gasteiger charge is 2.24. The van der Waals surface area contributed by atoms with Crippen molar-refractivity contribution in [2.24, 2.45) is 5.73 Å². The molecule has 0 fully saturated rings. The quantitative estimate of drug-likeness (QED) is 0.566. The molecule has 5 nitrogen and oxygen atoms in total. The first kappa shape index (κ1) is 16.3. The SMILES string of the molecule is CC(C)n1ccc2cc(-c3nc(-c4cccc5c4CC[C@@H]5N)no3)ccc21. The minimum atomic E-state index is 0.110. The molecule has 5 rings (SSSR count). The molecule has 1 aliphatic carbocycles. The van der Waals surface area contributed by atoms with E-state index in [0.29, 0.717) is 17.8 Å². The van der Waals surface area contributed by atoms with Gasteiger partial charge in [0.05, 0.1) is 0 Å². The number of nitrogens with zero attached hydrogens (tertiary/aromatic N) is 3. The summed E-state index contributed by atoms with van der Waals surface area (Å²) in [6, 6.07) is 15.1. The van der Waals surface area contributed by atoms with Crippen LogP contribution in [0.1, 0.15) is 43.5 Å². The Labute approximate surface area is 157 Å². The van der Waals surface area contributed by atoms with Crippen LogP contribution < -0.4 is 5.73 Å². The maximum absolute atomic E-state index is 6.20. The van der Waals surface area contributed by atoms with E-state index in [-0.39, 0.29) is 6.04 Å². The van der Waals surface area contributed by atoms with Gasteiger partial charge in [0, 0.05) is 40.3 Å². The second-order valence-corrected chi connectivity index (χ2v) is 7.53. The van der Waals surface area contributed by atoms with Crippen molar-refractivity contribution < 1.29 is 4.52 Å². The van der Waals surface area contributed by atoms with Gasteiger partial charge in [0.15, 0.2) is 0 Å². The zero-order valence-corrected chi connectivity index (χ0v) is 15.5. The largest absolute Gasteiger partial charge is 0.345 e. The molecule has 1 aliphatic rings. The van der Waals surface area contributed by atoms with Crippen LogP contribution >= 0.6 is 0 Å². The van der Waals surface area contributed by atoms with Crippen molar-refractivity contribution in [1.82, 2.24) is 14.7 Å². The van der Waals surface area contributed by atoms with Crippen LogP contribution in [-0.4, -0.2) is 14.7 Å². The summed E-state index contributed by atoms with van der Waals surface area (Å²) < 4.78 is 7.85. The van der Waals surface area contributed by atoms with E-state index in [0.717, 1.165) is 24.0 Å². The molecule has 0 aliphatic heterocycles. The number of aromatic nitrogens is 3. The molecule has 0 radical (unpaired) electrons. The first-order valence-electron chi connectivity index (χ1n) is 9.44. The Morgan fingerprint density at radius 2 is 2.07 bits per heavy atom. The molecule has 0 unspecified atom stereocenters. The summed E-state index contributed by atoms with van der Waals surface area (Å²) in [7, 11) is 0.